The number of pyridine rings is 2. The van der Waals surface area contributed by atoms with Gasteiger partial charge < -0.3 is 4.74 Å². The lowest BCUT2D eigenvalue weighted by molar-refractivity contribution is -0.385. The second-order valence-corrected chi connectivity index (χ2v) is 9.75. The summed E-state index contributed by atoms with van der Waals surface area (Å²) in [5.74, 6) is -1.47. The van der Waals surface area contributed by atoms with Gasteiger partial charge in [-0.05, 0) is 47.6 Å². The maximum atomic E-state index is 11.9. The van der Waals surface area contributed by atoms with Gasteiger partial charge in [-0.15, -0.1) is 0 Å². The maximum absolute atomic E-state index is 11.9. The second kappa shape index (κ2) is 8.85. The number of aromatic nitrogens is 2. The van der Waals surface area contributed by atoms with E-state index in [1.54, 1.807) is 24.3 Å². The van der Waals surface area contributed by atoms with Crippen molar-refractivity contribution in [2.45, 2.75) is 12.8 Å². The zero-order valence-corrected chi connectivity index (χ0v) is 21.0. The van der Waals surface area contributed by atoms with E-state index in [-0.39, 0.29) is 22.5 Å². The molecule has 0 spiro atoms. The first kappa shape index (κ1) is 24.2. The average Bonchev–Trinajstić information content (AvgIpc) is 3.39. The largest absolute Gasteiger partial charge is 0.386 e. The lowest BCUT2D eigenvalue weighted by Crippen LogP contribution is -2.19. The quantitative estimate of drug-likeness (QED) is 0.0838. The highest BCUT2D eigenvalue weighted by molar-refractivity contribution is 6.25. The van der Waals surface area contributed by atoms with Crippen molar-refractivity contribution in [1.29, 1.82) is 0 Å². The topological polar surface area (TPSA) is 155 Å². The number of benzene rings is 4. The van der Waals surface area contributed by atoms with Gasteiger partial charge in [0.1, 0.15) is 12.4 Å². The molecule has 4 aromatic carbocycles. The second-order valence-electron chi connectivity index (χ2n) is 9.75. The third-order valence-electron chi connectivity index (χ3n) is 7.46. The minimum absolute atomic E-state index is 0.0493. The number of carbonyl (C=O) groups excluding carboxylic acids is 2. The van der Waals surface area contributed by atoms with E-state index in [1.165, 1.54) is 34.8 Å². The predicted octanol–water partition coefficient (Wildman–Crippen LogP) is 6.00. The van der Waals surface area contributed by atoms with E-state index in [0.29, 0.717) is 21.7 Å². The zero-order valence-electron chi connectivity index (χ0n) is 21.0. The van der Waals surface area contributed by atoms with Crippen LogP contribution in [0.5, 0.6) is 0 Å². The zero-order chi connectivity index (χ0) is 28.4. The van der Waals surface area contributed by atoms with Gasteiger partial charge in [0.15, 0.2) is 0 Å². The van der Waals surface area contributed by atoms with E-state index in [1.807, 2.05) is 12.1 Å². The molecular formula is C30H16N4O7. The minimum Gasteiger partial charge on any atom is -0.386 e. The highest BCUT2D eigenvalue weighted by atomic mass is 16.6. The molecule has 0 saturated heterocycles. The fourth-order valence-electron chi connectivity index (χ4n) is 5.71. The van der Waals surface area contributed by atoms with Gasteiger partial charge in [-0.1, -0.05) is 30.3 Å². The van der Waals surface area contributed by atoms with Gasteiger partial charge in [0.05, 0.1) is 32.0 Å². The Morgan fingerprint density at radius 1 is 0.659 bits per heavy atom. The number of aryl methyl sites for hydroxylation is 2. The van der Waals surface area contributed by atoms with E-state index in [2.05, 4.69) is 22.1 Å². The Morgan fingerprint density at radius 2 is 1.22 bits per heavy atom. The van der Waals surface area contributed by atoms with Gasteiger partial charge in [0, 0.05) is 39.1 Å². The standard InChI is InChI=1S/C15H6N2O5.C15H10N2O2/c18-14-10-3-1-2-9-12(10)11(15(19)22-14)5-7-4-8(17(20)21)6-16-13(7)9;18-17(19)12-7-11-6-10-5-4-9-2-1-3-13(14(9)10)15(11)16-8-12/h1-6H;1-3,6-8H,4-5H2. The van der Waals surface area contributed by atoms with Crippen LogP contribution in [0.4, 0.5) is 11.4 Å². The average molecular weight is 544 g/mol. The van der Waals surface area contributed by atoms with Gasteiger partial charge in [-0.25, -0.2) is 19.6 Å². The summed E-state index contributed by atoms with van der Waals surface area (Å²) in [7, 11) is 0. The van der Waals surface area contributed by atoms with E-state index >= 15 is 0 Å². The summed E-state index contributed by atoms with van der Waals surface area (Å²) >= 11 is 0. The van der Waals surface area contributed by atoms with E-state index in [9.17, 15) is 29.8 Å². The first-order valence-electron chi connectivity index (χ1n) is 12.5. The number of nitro groups is 2. The Bertz CT molecular complexity index is 2190. The number of nitrogens with zero attached hydrogens (tertiary/aromatic N) is 4. The van der Waals surface area contributed by atoms with Crippen molar-refractivity contribution in [3.8, 4) is 0 Å². The Balaban J connectivity index is 0.000000136. The van der Waals surface area contributed by atoms with E-state index < -0.39 is 21.8 Å². The lowest BCUT2D eigenvalue weighted by Gasteiger charge is -2.16. The van der Waals surface area contributed by atoms with Crippen LogP contribution in [-0.4, -0.2) is 31.8 Å². The number of fused-ring (bicyclic) bond motifs is 4. The Morgan fingerprint density at radius 3 is 1.88 bits per heavy atom. The number of esters is 2. The van der Waals surface area contributed by atoms with Crippen molar-refractivity contribution in [2.75, 3.05) is 0 Å². The Labute approximate surface area is 229 Å². The lowest BCUT2D eigenvalue weighted by atomic mass is 9.94. The van der Waals surface area contributed by atoms with Crippen LogP contribution in [0.1, 0.15) is 31.8 Å². The van der Waals surface area contributed by atoms with Crippen molar-refractivity contribution < 1.29 is 24.2 Å². The van der Waals surface area contributed by atoms with Crippen LogP contribution < -0.4 is 0 Å². The van der Waals surface area contributed by atoms with Crippen molar-refractivity contribution in [3.63, 3.8) is 0 Å². The van der Waals surface area contributed by atoms with Crippen LogP contribution in [0.3, 0.4) is 0 Å². The van der Waals surface area contributed by atoms with Gasteiger partial charge in [0.2, 0.25) is 0 Å². The molecule has 2 aromatic heterocycles. The van der Waals surface area contributed by atoms with Crippen molar-refractivity contribution in [1.82, 2.24) is 9.97 Å². The Kier molecular flexibility index (Phi) is 5.23. The SMILES string of the molecule is O=C1OC(=O)c2cc3cc([N+](=O)[O-])cnc3c3cccc1c23.O=[N+]([O-])c1cnc2c(c1)cc1c3c(cccc32)CC1. The number of carbonyl (C=O) groups is 2. The molecular weight excluding hydrogens is 528 g/mol. The fraction of sp³-hybridized carbons (Fsp3) is 0.0667. The highest BCUT2D eigenvalue weighted by Crippen LogP contribution is 2.37. The van der Waals surface area contributed by atoms with Crippen LogP contribution in [0, 0.1) is 20.2 Å². The van der Waals surface area contributed by atoms with E-state index in [0.717, 1.165) is 35.3 Å². The first-order chi connectivity index (χ1) is 19.8. The molecule has 1 aliphatic carbocycles. The van der Waals surface area contributed by atoms with Gasteiger partial charge in [0.25, 0.3) is 11.4 Å². The van der Waals surface area contributed by atoms with Crippen molar-refractivity contribution in [2.24, 2.45) is 0 Å². The number of hydrogen-bond acceptors (Lipinski definition) is 9. The molecule has 0 saturated carbocycles. The normalized spacial score (nSPS) is 13.4. The molecule has 0 bridgehead atoms. The van der Waals surface area contributed by atoms with Crippen molar-refractivity contribution >= 4 is 66.7 Å². The van der Waals surface area contributed by atoms with Crippen LogP contribution >= 0.6 is 0 Å². The molecule has 0 radical (unpaired) electrons. The van der Waals surface area contributed by atoms with E-state index in [4.69, 9.17) is 4.74 Å². The molecule has 0 atom stereocenters. The van der Waals surface area contributed by atoms with Gasteiger partial charge >= 0.3 is 11.9 Å². The monoisotopic (exact) mass is 544 g/mol. The molecule has 1 aliphatic heterocycles. The number of cyclic esters (lactones) is 2. The smallest absolute Gasteiger partial charge is 0.346 e. The fourth-order valence-corrected chi connectivity index (χ4v) is 5.71. The summed E-state index contributed by atoms with van der Waals surface area (Å²) in [5, 5.41) is 26.5. The highest BCUT2D eigenvalue weighted by Gasteiger charge is 2.28. The third kappa shape index (κ3) is 3.74. The van der Waals surface area contributed by atoms with Crippen LogP contribution in [0.25, 0.3) is 43.4 Å². The molecule has 3 heterocycles. The predicted molar refractivity (Wildman–Crippen MR) is 149 cm³/mol. The minimum atomic E-state index is -0.762. The maximum Gasteiger partial charge on any atom is 0.346 e. The summed E-state index contributed by atoms with van der Waals surface area (Å²) in [5.41, 5.74) is 4.36. The molecule has 2 aliphatic rings. The molecule has 0 unspecified atom stereocenters. The first-order valence-corrected chi connectivity index (χ1v) is 12.5. The molecule has 8 rings (SSSR count). The molecule has 0 N–H and O–H groups in total. The summed E-state index contributed by atoms with van der Waals surface area (Å²) in [6.07, 6.45) is 4.55. The molecule has 11 nitrogen and oxygen atoms in total. The van der Waals surface area contributed by atoms with Crippen LogP contribution in [0.2, 0.25) is 0 Å². The number of ether oxygens (including phenoxy) is 1. The van der Waals surface area contributed by atoms with Crippen LogP contribution in [0.15, 0.2) is 73.1 Å². The molecule has 11 heteroatoms. The number of rotatable bonds is 2. The van der Waals surface area contributed by atoms with Gasteiger partial charge in [-0.3, -0.25) is 20.2 Å². The van der Waals surface area contributed by atoms with Crippen molar-refractivity contribution in [3.05, 3.63) is 116 Å². The molecule has 198 valence electrons. The number of hydrogen-bond donors (Lipinski definition) is 0. The third-order valence-corrected chi connectivity index (χ3v) is 7.46. The molecule has 6 aromatic rings. The molecule has 41 heavy (non-hydrogen) atoms. The summed E-state index contributed by atoms with van der Waals surface area (Å²) in [6.45, 7) is 0. The summed E-state index contributed by atoms with van der Waals surface area (Å²) < 4.78 is 4.70. The Hall–Kier alpha value is -5.84. The van der Waals surface area contributed by atoms with Gasteiger partial charge in [-0.2, -0.15) is 0 Å². The molecule has 0 fully saturated rings. The summed E-state index contributed by atoms with van der Waals surface area (Å²) in [4.78, 5) is 52.9. The molecule has 0 amide bonds. The summed E-state index contributed by atoms with van der Waals surface area (Å²) in [6, 6.07) is 17.6. The van der Waals surface area contributed by atoms with Crippen LogP contribution in [-0.2, 0) is 17.6 Å².